The van der Waals surface area contributed by atoms with E-state index in [4.69, 9.17) is 11.6 Å². The number of fused-ring (bicyclic) bond motifs is 1. The molecular weight excluding hydrogens is 278 g/mol. The van der Waals surface area contributed by atoms with Crippen molar-refractivity contribution in [3.8, 4) is 0 Å². The molecule has 0 atom stereocenters. The Balaban J connectivity index is 2.02. The highest BCUT2D eigenvalue weighted by atomic mass is 35.5. The van der Waals surface area contributed by atoms with Crippen LogP contribution in [0, 0.1) is 0 Å². The molecule has 0 aliphatic heterocycles. The van der Waals surface area contributed by atoms with Gasteiger partial charge in [0.05, 0.1) is 5.56 Å². The minimum absolute atomic E-state index is 0.114. The van der Waals surface area contributed by atoms with Crippen LogP contribution in [0.1, 0.15) is 29.6 Å². The summed E-state index contributed by atoms with van der Waals surface area (Å²) in [6.45, 7) is 0.792. The second-order valence-corrected chi connectivity index (χ2v) is 5.91. The van der Waals surface area contributed by atoms with E-state index in [-0.39, 0.29) is 5.91 Å². The van der Waals surface area contributed by atoms with Crippen LogP contribution in [0.2, 0.25) is 0 Å². The molecule has 2 rings (SSSR count). The molecule has 0 aliphatic carbocycles. The number of unbranched alkanes of at least 4 members (excludes halogenated alkanes) is 2. The van der Waals surface area contributed by atoms with Crippen molar-refractivity contribution in [3.63, 3.8) is 0 Å². The van der Waals surface area contributed by atoms with Gasteiger partial charge >= 0.3 is 0 Å². The third-order valence-corrected chi connectivity index (χ3v) is 4.42. The Kier molecular flexibility index (Phi) is 5.23. The zero-order valence-corrected chi connectivity index (χ0v) is 12.6. The van der Waals surface area contributed by atoms with Gasteiger partial charge in [0, 0.05) is 34.9 Å². The van der Waals surface area contributed by atoms with Crippen LogP contribution in [0.15, 0.2) is 29.6 Å². The number of halogens is 1. The quantitative estimate of drug-likeness (QED) is 0.572. The Labute approximate surface area is 123 Å². The van der Waals surface area contributed by atoms with Crippen molar-refractivity contribution in [2.75, 3.05) is 19.5 Å². The number of hydrogen-bond acceptors (Lipinski definition) is 2. The van der Waals surface area contributed by atoms with E-state index in [1.165, 1.54) is 4.70 Å². The molecule has 2 aromatic rings. The van der Waals surface area contributed by atoms with E-state index < -0.39 is 0 Å². The molecule has 0 spiro atoms. The summed E-state index contributed by atoms with van der Waals surface area (Å²) in [6, 6.07) is 8.05. The number of amides is 1. The Morgan fingerprint density at radius 3 is 2.84 bits per heavy atom. The topological polar surface area (TPSA) is 20.3 Å². The first-order valence-electron chi connectivity index (χ1n) is 6.51. The van der Waals surface area contributed by atoms with E-state index >= 15 is 0 Å². The third kappa shape index (κ3) is 3.48. The van der Waals surface area contributed by atoms with Crippen molar-refractivity contribution in [2.24, 2.45) is 0 Å². The predicted octanol–water partition coefficient (Wildman–Crippen LogP) is 4.38. The van der Waals surface area contributed by atoms with Gasteiger partial charge in [-0.05, 0) is 18.9 Å². The van der Waals surface area contributed by atoms with Crippen molar-refractivity contribution in [2.45, 2.75) is 19.3 Å². The second-order valence-electron chi connectivity index (χ2n) is 4.62. The maximum absolute atomic E-state index is 12.4. The first kappa shape index (κ1) is 14.4. The lowest BCUT2D eigenvalue weighted by atomic mass is 10.1. The van der Waals surface area contributed by atoms with E-state index in [0.717, 1.165) is 36.8 Å². The largest absolute Gasteiger partial charge is 0.342 e. The van der Waals surface area contributed by atoms with Gasteiger partial charge < -0.3 is 4.90 Å². The number of nitrogens with zero attached hydrogens (tertiary/aromatic N) is 1. The summed E-state index contributed by atoms with van der Waals surface area (Å²) in [6.07, 6.45) is 3.10. The Hall–Kier alpha value is -1.06. The maximum Gasteiger partial charge on any atom is 0.255 e. The van der Waals surface area contributed by atoms with Gasteiger partial charge in [-0.3, -0.25) is 4.79 Å². The van der Waals surface area contributed by atoms with E-state index in [2.05, 4.69) is 6.07 Å². The molecule has 0 aliphatic rings. The van der Waals surface area contributed by atoms with Gasteiger partial charge in [-0.15, -0.1) is 22.9 Å². The fourth-order valence-corrected chi connectivity index (χ4v) is 3.19. The van der Waals surface area contributed by atoms with Crippen LogP contribution in [0.4, 0.5) is 0 Å². The van der Waals surface area contributed by atoms with Gasteiger partial charge in [0.2, 0.25) is 0 Å². The summed E-state index contributed by atoms with van der Waals surface area (Å²) in [4.78, 5) is 14.2. The van der Waals surface area contributed by atoms with E-state index in [9.17, 15) is 4.79 Å². The number of thiophene rings is 1. The predicted molar refractivity (Wildman–Crippen MR) is 83.4 cm³/mol. The highest BCUT2D eigenvalue weighted by molar-refractivity contribution is 7.17. The Morgan fingerprint density at radius 2 is 2.05 bits per heavy atom. The summed E-state index contributed by atoms with van der Waals surface area (Å²) in [7, 11) is 1.87. The molecule has 2 nitrogen and oxygen atoms in total. The molecule has 0 radical (unpaired) electrons. The van der Waals surface area contributed by atoms with Gasteiger partial charge in [0.15, 0.2) is 0 Å². The maximum atomic E-state index is 12.4. The van der Waals surface area contributed by atoms with Crippen molar-refractivity contribution >= 4 is 38.9 Å². The van der Waals surface area contributed by atoms with Gasteiger partial charge in [-0.1, -0.05) is 24.6 Å². The minimum atomic E-state index is 0.114. The molecule has 1 aromatic heterocycles. The summed E-state index contributed by atoms with van der Waals surface area (Å²) >= 11 is 7.27. The van der Waals surface area contributed by atoms with Crippen molar-refractivity contribution in [1.29, 1.82) is 0 Å². The van der Waals surface area contributed by atoms with Crippen LogP contribution < -0.4 is 0 Å². The van der Waals surface area contributed by atoms with Gasteiger partial charge in [-0.2, -0.15) is 0 Å². The molecule has 1 aromatic carbocycles. The normalized spacial score (nSPS) is 10.8. The van der Waals surface area contributed by atoms with Crippen LogP contribution in [-0.2, 0) is 0 Å². The smallest absolute Gasteiger partial charge is 0.255 e. The van der Waals surface area contributed by atoms with Gasteiger partial charge in [-0.25, -0.2) is 0 Å². The first-order valence-corrected chi connectivity index (χ1v) is 7.93. The van der Waals surface area contributed by atoms with Crippen LogP contribution in [0.3, 0.4) is 0 Å². The zero-order chi connectivity index (χ0) is 13.7. The standard InChI is InChI=1S/C15H18ClNOS/c1-17(10-6-2-5-9-16)15(18)13-11-19-14-8-4-3-7-12(13)14/h3-4,7-8,11H,2,5-6,9-10H2,1H3. The molecule has 0 saturated carbocycles. The fourth-order valence-electron chi connectivity index (χ4n) is 2.07. The lowest BCUT2D eigenvalue weighted by Gasteiger charge is -2.16. The molecule has 1 heterocycles. The zero-order valence-electron chi connectivity index (χ0n) is 11.1. The average Bonchev–Trinajstić information content (AvgIpc) is 2.86. The van der Waals surface area contributed by atoms with E-state index in [1.54, 1.807) is 11.3 Å². The third-order valence-electron chi connectivity index (χ3n) is 3.19. The number of rotatable bonds is 6. The average molecular weight is 296 g/mol. The van der Waals surface area contributed by atoms with E-state index in [0.29, 0.717) is 5.88 Å². The van der Waals surface area contributed by atoms with Crippen molar-refractivity contribution in [1.82, 2.24) is 4.90 Å². The van der Waals surface area contributed by atoms with Crippen LogP contribution >= 0.6 is 22.9 Å². The lowest BCUT2D eigenvalue weighted by Crippen LogP contribution is -2.27. The van der Waals surface area contributed by atoms with Crippen molar-refractivity contribution in [3.05, 3.63) is 35.2 Å². The molecular formula is C15H18ClNOS. The molecule has 102 valence electrons. The molecule has 0 unspecified atom stereocenters. The minimum Gasteiger partial charge on any atom is -0.342 e. The van der Waals surface area contributed by atoms with Crippen molar-refractivity contribution < 1.29 is 4.79 Å². The molecule has 0 N–H and O–H groups in total. The highest BCUT2D eigenvalue weighted by Gasteiger charge is 2.15. The number of hydrogen-bond donors (Lipinski definition) is 0. The summed E-state index contributed by atoms with van der Waals surface area (Å²) in [5.41, 5.74) is 0.820. The molecule has 0 bridgehead atoms. The number of carbonyl (C=O) groups excluding carboxylic acids is 1. The molecule has 19 heavy (non-hydrogen) atoms. The molecule has 4 heteroatoms. The van der Waals surface area contributed by atoms with Crippen LogP contribution in [0.25, 0.3) is 10.1 Å². The Morgan fingerprint density at radius 1 is 1.26 bits per heavy atom. The highest BCUT2D eigenvalue weighted by Crippen LogP contribution is 2.26. The SMILES string of the molecule is CN(CCCCCCl)C(=O)c1csc2ccccc12. The lowest BCUT2D eigenvalue weighted by molar-refractivity contribution is 0.0795. The van der Waals surface area contributed by atoms with Crippen LogP contribution in [0.5, 0.6) is 0 Å². The molecule has 1 amide bonds. The Bertz CT molecular complexity index is 552. The summed E-state index contributed by atoms with van der Waals surface area (Å²) < 4.78 is 1.17. The number of carbonyl (C=O) groups is 1. The first-order chi connectivity index (χ1) is 9.24. The summed E-state index contributed by atoms with van der Waals surface area (Å²) in [5, 5.41) is 3.02. The fraction of sp³-hybridized carbons (Fsp3) is 0.400. The molecule has 0 saturated heterocycles. The van der Waals surface area contributed by atoms with E-state index in [1.807, 2.05) is 35.5 Å². The number of benzene rings is 1. The van der Waals surface area contributed by atoms with Gasteiger partial charge in [0.1, 0.15) is 0 Å². The monoisotopic (exact) mass is 295 g/mol. The number of alkyl halides is 1. The van der Waals surface area contributed by atoms with Crippen LogP contribution in [-0.4, -0.2) is 30.3 Å². The molecule has 0 fully saturated rings. The van der Waals surface area contributed by atoms with Gasteiger partial charge in [0.25, 0.3) is 5.91 Å². The second kappa shape index (κ2) is 6.92. The summed E-state index contributed by atoms with van der Waals surface area (Å²) in [5.74, 6) is 0.815.